The molecule has 46 heavy (non-hydrogen) atoms. The molecule has 0 spiro atoms. The number of likely N-dealkylation sites (N-methyl/N-ethyl adjacent to an activating group) is 1. The van der Waals surface area contributed by atoms with Crippen molar-refractivity contribution in [1.29, 1.82) is 0 Å². The van der Waals surface area contributed by atoms with E-state index in [-0.39, 0.29) is 40.6 Å². The van der Waals surface area contributed by atoms with Crippen molar-refractivity contribution in [1.82, 2.24) is 35.7 Å². The maximum atomic E-state index is 14.2. The van der Waals surface area contributed by atoms with E-state index in [1.54, 1.807) is 24.0 Å². The number of aryl methyl sites for hydroxylation is 1. The predicted molar refractivity (Wildman–Crippen MR) is 175 cm³/mol. The fraction of sp³-hybridized carbons (Fsp3) is 0.618. The fourth-order valence-corrected chi connectivity index (χ4v) is 7.70. The second-order valence-electron chi connectivity index (χ2n) is 13.8. The third kappa shape index (κ3) is 6.51. The van der Waals surface area contributed by atoms with Crippen LogP contribution in [-0.2, 0) is 26.8 Å². The first-order valence-corrected chi connectivity index (χ1v) is 17.3. The molecule has 1 aliphatic heterocycles. The molecule has 0 unspecified atom stereocenters. The number of nitrogens with one attached hydrogen (secondary N) is 4. The molecule has 245 valence electrons. The summed E-state index contributed by atoms with van der Waals surface area (Å²) < 4.78 is 7.30. The minimum atomic E-state index is -0.830. The Labute approximate surface area is 273 Å². The Morgan fingerprint density at radius 3 is 2.43 bits per heavy atom. The van der Waals surface area contributed by atoms with Gasteiger partial charge in [0.15, 0.2) is 0 Å². The van der Waals surface area contributed by atoms with Crippen LogP contribution in [0.15, 0.2) is 30.5 Å². The summed E-state index contributed by atoms with van der Waals surface area (Å²) in [7, 11) is 5.68. The molecule has 1 aromatic carbocycles. The molecule has 0 bridgehead atoms. The van der Waals surface area contributed by atoms with E-state index in [1.807, 2.05) is 25.1 Å². The van der Waals surface area contributed by atoms with Gasteiger partial charge in [0.2, 0.25) is 11.8 Å². The largest absolute Gasteiger partial charge is 0.381 e. The molecule has 2 aromatic heterocycles. The lowest BCUT2D eigenvalue weighted by Gasteiger charge is -2.40. The summed E-state index contributed by atoms with van der Waals surface area (Å²) in [4.78, 5) is 49.2. The van der Waals surface area contributed by atoms with Gasteiger partial charge in [-0.25, -0.2) is 4.98 Å². The zero-order valence-electron chi connectivity index (χ0n) is 27.2. The standard InChI is InChI=1S/C34H46N7O4Si/c1-4-35-31(43)28(21-6-5-7-21)40-32(44)34(15-18-45-19-16-34)23-8-9-24-25(20-23)38-29(37-24)27(22-10-13-33(2,46)14-11-22)39-30(42)26-12-17-36-41(26)3/h8-9,12,17,20-22,27-28H,4-7,10-11,13-16,18-19H2,1-3H3,(H,35,43)(H,37,38)(H,39,42)(H,40,44)/t22?,27-,28+,33?/m0/s1. The molecule has 3 fully saturated rings. The number of carbonyl (C=O) groups is 3. The van der Waals surface area contributed by atoms with Gasteiger partial charge in [-0.15, -0.1) is 0 Å². The van der Waals surface area contributed by atoms with Crippen molar-refractivity contribution in [2.75, 3.05) is 19.8 Å². The van der Waals surface area contributed by atoms with Gasteiger partial charge in [-0.05, 0) is 86.1 Å². The summed E-state index contributed by atoms with van der Waals surface area (Å²) >= 11 is 0. The highest BCUT2D eigenvalue weighted by Gasteiger charge is 2.45. The number of benzene rings is 1. The van der Waals surface area contributed by atoms with Crippen LogP contribution >= 0.6 is 0 Å². The van der Waals surface area contributed by atoms with Gasteiger partial charge in [-0.1, -0.05) is 32.3 Å². The molecule has 2 saturated carbocycles. The molecular weight excluding hydrogens is 599 g/mol. The first kappa shape index (κ1) is 32.4. The summed E-state index contributed by atoms with van der Waals surface area (Å²) in [6, 6.07) is 6.83. The van der Waals surface area contributed by atoms with E-state index >= 15 is 0 Å². The van der Waals surface area contributed by atoms with Crippen LogP contribution in [0.3, 0.4) is 0 Å². The van der Waals surface area contributed by atoms with Gasteiger partial charge in [0, 0.05) is 43.2 Å². The second-order valence-corrected chi connectivity index (χ2v) is 15.0. The van der Waals surface area contributed by atoms with Crippen molar-refractivity contribution in [3.63, 3.8) is 0 Å². The minimum absolute atomic E-state index is 0.0866. The SMILES string of the molecule is CCNC(=O)[C@H](NC(=O)C1(c2ccc3nc([C@@H](NC(=O)c4ccnn4C)C4CCC(C)([Si])CC4)[nH]c3c2)CCOCC1)C1CCC1. The van der Waals surface area contributed by atoms with Crippen molar-refractivity contribution >= 4 is 39.0 Å². The predicted octanol–water partition coefficient (Wildman–Crippen LogP) is 3.77. The lowest BCUT2D eigenvalue weighted by molar-refractivity contribution is -0.136. The average molecular weight is 645 g/mol. The van der Waals surface area contributed by atoms with E-state index in [1.165, 1.54) is 0 Å². The lowest BCUT2D eigenvalue weighted by Crippen LogP contribution is -2.58. The van der Waals surface area contributed by atoms with E-state index in [2.05, 4.69) is 43.2 Å². The average Bonchev–Trinajstić information content (AvgIpc) is 3.65. The van der Waals surface area contributed by atoms with Crippen LogP contribution in [0.2, 0.25) is 5.04 Å². The van der Waals surface area contributed by atoms with Gasteiger partial charge >= 0.3 is 0 Å². The van der Waals surface area contributed by atoms with Gasteiger partial charge < -0.3 is 25.7 Å². The number of nitrogens with zero attached hydrogens (tertiary/aromatic N) is 3. The van der Waals surface area contributed by atoms with Gasteiger partial charge in [0.05, 0.1) is 22.5 Å². The van der Waals surface area contributed by atoms with Crippen LogP contribution in [0.1, 0.15) is 99.6 Å². The summed E-state index contributed by atoms with van der Waals surface area (Å²) in [6.45, 7) is 5.57. The molecule has 12 heteroatoms. The van der Waals surface area contributed by atoms with E-state index < -0.39 is 11.5 Å². The third-order valence-electron chi connectivity index (χ3n) is 10.6. The summed E-state index contributed by atoms with van der Waals surface area (Å²) in [5.74, 6) is 0.635. The number of hydrogen-bond donors (Lipinski definition) is 4. The molecule has 3 heterocycles. The Morgan fingerprint density at radius 1 is 1.07 bits per heavy atom. The minimum Gasteiger partial charge on any atom is -0.381 e. The Hall–Kier alpha value is -3.51. The van der Waals surface area contributed by atoms with Crippen molar-refractivity contribution in [3.8, 4) is 0 Å². The van der Waals surface area contributed by atoms with Gasteiger partial charge in [-0.2, -0.15) is 5.10 Å². The van der Waals surface area contributed by atoms with Crippen LogP contribution in [0.25, 0.3) is 11.0 Å². The number of aromatic amines is 1. The number of carbonyl (C=O) groups excluding carboxylic acids is 3. The number of imidazole rings is 1. The zero-order valence-corrected chi connectivity index (χ0v) is 28.2. The molecule has 1 saturated heterocycles. The van der Waals surface area contributed by atoms with Crippen LogP contribution in [0.5, 0.6) is 0 Å². The number of amides is 3. The van der Waals surface area contributed by atoms with Gasteiger partial charge in [0.1, 0.15) is 17.6 Å². The maximum absolute atomic E-state index is 14.2. The second kappa shape index (κ2) is 13.3. The van der Waals surface area contributed by atoms with Crippen LogP contribution in [0, 0.1) is 11.8 Å². The smallest absolute Gasteiger partial charge is 0.270 e. The number of ether oxygens (including phenoxy) is 1. The Bertz CT molecular complexity index is 1560. The molecule has 3 radical (unpaired) electrons. The molecule has 6 rings (SSSR count). The summed E-state index contributed by atoms with van der Waals surface area (Å²) in [5, 5.41) is 13.6. The molecule has 3 aliphatic rings. The number of hydrogen-bond acceptors (Lipinski definition) is 6. The van der Waals surface area contributed by atoms with Crippen molar-refractivity contribution < 1.29 is 19.1 Å². The van der Waals surface area contributed by atoms with E-state index in [0.717, 1.165) is 61.5 Å². The number of H-pyrrole nitrogens is 1. The van der Waals surface area contributed by atoms with Crippen molar-refractivity contribution in [2.24, 2.45) is 18.9 Å². The summed E-state index contributed by atoms with van der Waals surface area (Å²) in [6.07, 6.45) is 9.49. The lowest BCUT2D eigenvalue weighted by atomic mass is 9.72. The van der Waals surface area contributed by atoms with E-state index in [9.17, 15) is 14.4 Å². The Balaban J connectivity index is 1.31. The first-order chi connectivity index (χ1) is 22.1. The Morgan fingerprint density at radius 2 is 1.80 bits per heavy atom. The molecule has 11 nitrogen and oxygen atoms in total. The van der Waals surface area contributed by atoms with Crippen molar-refractivity contribution in [2.45, 2.75) is 94.2 Å². The number of rotatable bonds is 10. The van der Waals surface area contributed by atoms with Gasteiger partial charge in [0.25, 0.3) is 5.91 Å². The Kier molecular flexibility index (Phi) is 9.38. The van der Waals surface area contributed by atoms with E-state index in [0.29, 0.717) is 44.1 Å². The summed E-state index contributed by atoms with van der Waals surface area (Å²) in [5.41, 5.74) is 2.12. The zero-order chi connectivity index (χ0) is 32.5. The molecule has 3 amide bonds. The molecule has 2 aliphatic carbocycles. The molecule has 4 N–H and O–H groups in total. The maximum Gasteiger partial charge on any atom is 0.270 e. The van der Waals surface area contributed by atoms with Crippen LogP contribution in [-0.4, -0.2) is 73.5 Å². The van der Waals surface area contributed by atoms with E-state index in [4.69, 9.17) is 9.72 Å². The van der Waals surface area contributed by atoms with Crippen LogP contribution < -0.4 is 16.0 Å². The van der Waals surface area contributed by atoms with Gasteiger partial charge in [-0.3, -0.25) is 19.1 Å². The molecular formula is C34H46N7O4Si. The quantitative estimate of drug-likeness (QED) is 0.248. The third-order valence-corrected chi connectivity index (χ3v) is 11.1. The number of aromatic nitrogens is 4. The highest BCUT2D eigenvalue weighted by Crippen LogP contribution is 2.45. The highest BCUT2D eigenvalue weighted by atomic mass is 28.1. The normalized spacial score (nSPS) is 24.5. The monoisotopic (exact) mass is 644 g/mol. The van der Waals surface area contributed by atoms with Crippen molar-refractivity contribution in [3.05, 3.63) is 47.5 Å². The first-order valence-electron chi connectivity index (χ1n) is 16.8. The molecule has 3 aromatic rings. The highest BCUT2D eigenvalue weighted by molar-refractivity contribution is 6.14. The fourth-order valence-electron chi connectivity index (χ4n) is 7.41. The topological polar surface area (TPSA) is 143 Å². The van der Waals surface area contributed by atoms with Crippen LogP contribution in [0.4, 0.5) is 0 Å². The molecule has 2 atom stereocenters. The number of fused-ring (bicyclic) bond motifs is 1.